The van der Waals surface area contributed by atoms with Crippen molar-refractivity contribution in [3.05, 3.63) is 87.4 Å². The molecule has 0 saturated carbocycles. The molecule has 1 N–H and O–H groups in total. The van der Waals surface area contributed by atoms with Crippen molar-refractivity contribution < 1.29 is 9.47 Å². The Morgan fingerprint density at radius 3 is 2.64 bits per heavy atom. The fourth-order valence-corrected chi connectivity index (χ4v) is 5.00. The van der Waals surface area contributed by atoms with Gasteiger partial charge in [-0.25, -0.2) is 0 Å². The largest absolute Gasteiger partial charge is 0.493 e. The van der Waals surface area contributed by atoms with E-state index < -0.39 is 0 Å². The average molecular weight is 611 g/mol. The van der Waals surface area contributed by atoms with Gasteiger partial charge in [0.1, 0.15) is 6.61 Å². The number of para-hydroxylation sites is 1. The first kappa shape index (κ1) is 28.3. The Hall–Kier alpha value is -2.30. The van der Waals surface area contributed by atoms with Gasteiger partial charge in [-0.1, -0.05) is 59.8 Å². The van der Waals surface area contributed by atoms with Crippen molar-refractivity contribution >= 4 is 51.7 Å². The van der Waals surface area contributed by atoms with E-state index in [-0.39, 0.29) is 12.4 Å². The maximum Gasteiger partial charge on any atom is 0.214 e. The van der Waals surface area contributed by atoms with Crippen LogP contribution in [-0.4, -0.2) is 39.6 Å². The monoisotopic (exact) mass is 609 g/mol. The highest BCUT2D eigenvalue weighted by Gasteiger charge is 2.13. The first-order valence-electron chi connectivity index (χ1n) is 11.1. The minimum absolute atomic E-state index is 0. The third-order valence-corrected chi connectivity index (χ3v) is 7.08. The van der Waals surface area contributed by atoms with Crippen LogP contribution in [0.5, 0.6) is 11.5 Å². The minimum atomic E-state index is 0. The molecule has 1 aromatic heterocycles. The summed E-state index contributed by atoms with van der Waals surface area (Å²) >= 11 is 11.5. The number of hydrogen-bond acceptors (Lipinski definition) is 7. The van der Waals surface area contributed by atoms with Crippen LogP contribution in [0.15, 0.2) is 76.4 Å². The predicted octanol–water partition coefficient (Wildman–Crippen LogP) is 6.36. The van der Waals surface area contributed by atoms with Crippen LogP contribution < -0.4 is 14.8 Å². The van der Waals surface area contributed by atoms with Gasteiger partial charge in [-0.3, -0.25) is 0 Å². The van der Waals surface area contributed by atoms with E-state index in [2.05, 4.69) is 36.8 Å². The number of nitrogens with one attached hydrogen (secondary N) is 1. The van der Waals surface area contributed by atoms with Crippen LogP contribution in [0.3, 0.4) is 0 Å². The Morgan fingerprint density at radius 2 is 1.86 bits per heavy atom. The summed E-state index contributed by atoms with van der Waals surface area (Å²) in [5, 5.41) is 17.0. The zero-order valence-corrected chi connectivity index (χ0v) is 23.5. The Labute approximate surface area is 234 Å². The fourth-order valence-electron chi connectivity index (χ4n) is 3.37. The van der Waals surface area contributed by atoms with Gasteiger partial charge in [0.2, 0.25) is 5.16 Å². The van der Waals surface area contributed by atoms with Crippen molar-refractivity contribution in [2.24, 2.45) is 0 Å². The van der Waals surface area contributed by atoms with E-state index in [1.807, 2.05) is 66.7 Å². The summed E-state index contributed by atoms with van der Waals surface area (Å²) in [5.74, 6) is 2.23. The topological polar surface area (TPSA) is 74.1 Å². The molecular formula is C25H26BrCl2N5O2S. The van der Waals surface area contributed by atoms with Crippen LogP contribution in [0.2, 0.25) is 5.02 Å². The lowest BCUT2D eigenvalue weighted by atomic mass is 10.2. The Kier molecular flexibility index (Phi) is 11.3. The summed E-state index contributed by atoms with van der Waals surface area (Å²) in [6.45, 7) is 1.94. The van der Waals surface area contributed by atoms with Crippen LogP contribution >= 0.6 is 51.7 Å². The number of rotatable bonds is 12. The molecule has 0 amide bonds. The molecule has 36 heavy (non-hydrogen) atoms. The van der Waals surface area contributed by atoms with Gasteiger partial charge < -0.3 is 14.8 Å². The zero-order valence-electron chi connectivity index (χ0n) is 19.6. The highest BCUT2D eigenvalue weighted by Crippen LogP contribution is 2.37. The summed E-state index contributed by atoms with van der Waals surface area (Å²) in [4.78, 5) is 0. The summed E-state index contributed by atoms with van der Waals surface area (Å²) in [5.41, 5.74) is 2.97. The summed E-state index contributed by atoms with van der Waals surface area (Å²) in [6.07, 6.45) is 0.976. The van der Waals surface area contributed by atoms with Crippen LogP contribution in [-0.2, 0) is 13.2 Å². The molecule has 0 saturated heterocycles. The van der Waals surface area contributed by atoms with E-state index in [1.54, 1.807) is 23.6 Å². The normalized spacial score (nSPS) is 10.6. The van der Waals surface area contributed by atoms with E-state index in [4.69, 9.17) is 21.1 Å². The number of aromatic nitrogens is 4. The maximum atomic E-state index is 6.24. The molecule has 4 rings (SSSR count). The van der Waals surface area contributed by atoms with Gasteiger partial charge in [-0.15, -0.1) is 17.5 Å². The molecule has 3 aromatic carbocycles. The number of ether oxygens (including phenoxy) is 2. The molecule has 0 radical (unpaired) electrons. The smallest absolute Gasteiger partial charge is 0.214 e. The summed E-state index contributed by atoms with van der Waals surface area (Å²) in [6, 6.07) is 21.6. The van der Waals surface area contributed by atoms with Gasteiger partial charge in [-0.2, -0.15) is 4.68 Å². The average Bonchev–Trinajstić information content (AvgIpc) is 3.35. The van der Waals surface area contributed by atoms with Gasteiger partial charge in [0.15, 0.2) is 11.5 Å². The second kappa shape index (κ2) is 14.4. The molecule has 0 aliphatic carbocycles. The molecule has 1 heterocycles. The van der Waals surface area contributed by atoms with Crippen molar-refractivity contribution in [1.29, 1.82) is 0 Å². The molecule has 0 aliphatic rings. The first-order valence-corrected chi connectivity index (χ1v) is 13.2. The van der Waals surface area contributed by atoms with Crippen LogP contribution in [0.1, 0.15) is 17.5 Å². The van der Waals surface area contributed by atoms with Gasteiger partial charge in [-0.05, 0) is 75.2 Å². The highest BCUT2D eigenvalue weighted by atomic mass is 79.9. The van der Waals surface area contributed by atoms with Gasteiger partial charge >= 0.3 is 0 Å². The number of benzene rings is 3. The molecule has 0 spiro atoms. The van der Waals surface area contributed by atoms with Crippen molar-refractivity contribution in [2.45, 2.75) is 24.7 Å². The van der Waals surface area contributed by atoms with Crippen molar-refractivity contribution in [2.75, 3.05) is 19.4 Å². The van der Waals surface area contributed by atoms with Gasteiger partial charge in [0.05, 0.1) is 17.3 Å². The lowest BCUT2D eigenvalue weighted by Gasteiger charge is -2.15. The standard InChI is InChI=1S/C25H25BrClN5O2S.ClH/c1-33-23-15-18(14-21(26)24(23)34-17-19-8-5-6-11-22(19)27)16-28-12-7-13-35-25-29-30-31-32(25)20-9-3-2-4-10-20;/h2-6,8-11,14-15,28H,7,12-13,16-17H2,1H3;1H. The quantitative estimate of drug-likeness (QED) is 0.148. The third kappa shape index (κ3) is 7.60. The Bertz CT molecular complexity index is 1250. The SMILES string of the molecule is COc1cc(CNCCCSc2nnnn2-c2ccccc2)cc(Br)c1OCc1ccccc1Cl.Cl. The van der Waals surface area contributed by atoms with E-state index in [9.17, 15) is 0 Å². The van der Waals surface area contributed by atoms with E-state index >= 15 is 0 Å². The molecule has 0 bridgehead atoms. The maximum absolute atomic E-state index is 6.24. The third-order valence-electron chi connectivity index (χ3n) is 5.12. The van der Waals surface area contributed by atoms with Crippen LogP contribution in [0.4, 0.5) is 0 Å². The molecule has 7 nitrogen and oxygen atoms in total. The summed E-state index contributed by atoms with van der Waals surface area (Å²) < 4.78 is 14.2. The molecule has 4 aromatic rings. The minimum Gasteiger partial charge on any atom is -0.493 e. The van der Waals surface area contributed by atoms with Crippen LogP contribution in [0, 0.1) is 0 Å². The molecular weight excluding hydrogens is 585 g/mol. The molecule has 190 valence electrons. The second-order valence-electron chi connectivity index (χ2n) is 7.58. The lowest BCUT2D eigenvalue weighted by Crippen LogP contribution is -2.15. The van der Waals surface area contributed by atoms with Crippen LogP contribution in [0.25, 0.3) is 5.69 Å². The van der Waals surface area contributed by atoms with E-state index in [0.717, 1.165) is 45.2 Å². The van der Waals surface area contributed by atoms with Crippen molar-refractivity contribution in [1.82, 2.24) is 25.5 Å². The number of hydrogen-bond donors (Lipinski definition) is 1. The van der Waals surface area contributed by atoms with E-state index in [0.29, 0.717) is 29.7 Å². The molecule has 0 unspecified atom stereocenters. The van der Waals surface area contributed by atoms with Gasteiger partial charge in [0, 0.05) is 22.9 Å². The number of tetrazole rings is 1. The van der Waals surface area contributed by atoms with E-state index in [1.165, 1.54) is 0 Å². The van der Waals surface area contributed by atoms with Crippen molar-refractivity contribution in [3.8, 4) is 17.2 Å². The lowest BCUT2D eigenvalue weighted by molar-refractivity contribution is 0.282. The number of thioether (sulfide) groups is 1. The fraction of sp³-hybridized carbons (Fsp3) is 0.240. The molecule has 0 atom stereocenters. The Balaban J connectivity index is 0.00000361. The molecule has 11 heteroatoms. The molecule has 0 fully saturated rings. The number of methoxy groups -OCH3 is 1. The molecule has 0 aliphatic heterocycles. The second-order valence-corrected chi connectivity index (χ2v) is 9.90. The zero-order chi connectivity index (χ0) is 24.5. The predicted molar refractivity (Wildman–Crippen MR) is 150 cm³/mol. The summed E-state index contributed by atoms with van der Waals surface area (Å²) in [7, 11) is 1.64. The Morgan fingerprint density at radius 1 is 1.08 bits per heavy atom. The number of nitrogens with zero attached hydrogens (tertiary/aromatic N) is 4. The highest BCUT2D eigenvalue weighted by molar-refractivity contribution is 9.10. The number of halogens is 3. The van der Waals surface area contributed by atoms with Crippen molar-refractivity contribution in [3.63, 3.8) is 0 Å². The first-order chi connectivity index (χ1) is 17.2. The van der Waals surface area contributed by atoms with Gasteiger partial charge in [0.25, 0.3) is 0 Å².